The molecular formula is C18H20FN. The summed E-state index contributed by atoms with van der Waals surface area (Å²) < 4.78 is 13.4. The minimum absolute atomic E-state index is 0.149. The Morgan fingerprint density at radius 3 is 2.20 bits per heavy atom. The van der Waals surface area contributed by atoms with Crippen molar-refractivity contribution in [2.24, 2.45) is 4.99 Å². The van der Waals surface area contributed by atoms with Gasteiger partial charge in [0.25, 0.3) is 0 Å². The second-order valence-corrected chi connectivity index (χ2v) is 6.06. The number of hydrogen-bond acceptors (Lipinski definition) is 1. The third kappa shape index (κ3) is 3.53. The Morgan fingerprint density at radius 1 is 1.00 bits per heavy atom. The molecule has 2 aromatic rings. The number of hydrogen-bond donors (Lipinski definition) is 0. The Bertz CT molecular complexity index is 619. The zero-order chi connectivity index (χ0) is 14.8. The van der Waals surface area contributed by atoms with Gasteiger partial charge in [0, 0.05) is 6.21 Å². The molecule has 2 heteroatoms. The first-order valence-corrected chi connectivity index (χ1v) is 6.77. The second-order valence-electron chi connectivity index (χ2n) is 6.06. The monoisotopic (exact) mass is 269 g/mol. The molecule has 0 aliphatic rings. The molecule has 0 aliphatic heterocycles. The molecule has 0 spiro atoms. The summed E-state index contributed by atoms with van der Waals surface area (Å²) in [5.74, 6) is -0.220. The van der Waals surface area contributed by atoms with Crippen LogP contribution in [0.5, 0.6) is 0 Å². The summed E-state index contributed by atoms with van der Waals surface area (Å²) in [5, 5.41) is 0. The predicted octanol–water partition coefficient (Wildman–Crippen LogP) is 5.18. The van der Waals surface area contributed by atoms with Crippen LogP contribution in [-0.4, -0.2) is 6.21 Å². The molecule has 0 saturated carbocycles. The molecule has 0 amide bonds. The largest absolute Gasteiger partial charge is 0.256 e. The van der Waals surface area contributed by atoms with Crippen molar-refractivity contribution in [3.8, 4) is 0 Å². The van der Waals surface area contributed by atoms with Crippen molar-refractivity contribution in [3.05, 3.63) is 65.0 Å². The van der Waals surface area contributed by atoms with Crippen molar-refractivity contribution in [3.63, 3.8) is 0 Å². The van der Waals surface area contributed by atoms with E-state index >= 15 is 0 Å². The molecule has 0 unspecified atom stereocenters. The molecule has 2 aromatic carbocycles. The summed E-state index contributed by atoms with van der Waals surface area (Å²) in [6, 6.07) is 13.3. The first-order valence-electron chi connectivity index (χ1n) is 6.77. The number of rotatable bonds is 2. The Hall–Kier alpha value is -1.96. The van der Waals surface area contributed by atoms with Crippen LogP contribution in [0.4, 0.5) is 10.1 Å². The van der Waals surface area contributed by atoms with Crippen LogP contribution in [0.25, 0.3) is 0 Å². The lowest BCUT2D eigenvalue weighted by Crippen LogP contribution is -2.10. The smallest absolute Gasteiger partial charge is 0.128 e. The van der Waals surface area contributed by atoms with E-state index in [1.54, 1.807) is 19.2 Å². The molecule has 20 heavy (non-hydrogen) atoms. The van der Waals surface area contributed by atoms with E-state index < -0.39 is 0 Å². The minimum Gasteiger partial charge on any atom is -0.256 e. The molecule has 0 aliphatic carbocycles. The van der Waals surface area contributed by atoms with Gasteiger partial charge in [-0.05, 0) is 41.2 Å². The predicted molar refractivity (Wildman–Crippen MR) is 83.5 cm³/mol. The van der Waals surface area contributed by atoms with E-state index in [0.29, 0.717) is 11.3 Å². The van der Waals surface area contributed by atoms with Crippen molar-refractivity contribution in [1.82, 2.24) is 0 Å². The van der Waals surface area contributed by atoms with Crippen molar-refractivity contribution in [2.45, 2.75) is 33.1 Å². The summed E-state index contributed by atoms with van der Waals surface area (Å²) >= 11 is 0. The number of halogens is 1. The molecule has 0 bridgehead atoms. The third-order valence-corrected chi connectivity index (χ3v) is 3.29. The maximum atomic E-state index is 13.4. The molecule has 0 fully saturated rings. The van der Waals surface area contributed by atoms with E-state index in [0.717, 1.165) is 5.56 Å². The summed E-state index contributed by atoms with van der Waals surface area (Å²) in [4.78, 5) is 4.31. The number of aryl methyl sites for hydroxylation is 1. The van der Waals surface area contributed by atoms with Crippen LogP contribution in [0.15, 0.2) is 47.5 Å². The normalized spacial score (nSPS) is 12.1. The highest BCUT2D eigenvalue weighted by atomic mass is 19.1. The first kappa shape index (κ1) is 14.4. The quantitative estimate of drug-likeness (QED) is 0.666. The standard InChI is InChI=1S/C18H20FN/c1-13-5-10-16(11-17(13)19)20-12-14-6-8-15(9-7-14)18(2,3)4/h5-12H,1-4H3. The van der Waals surface area contributed by atoms with Crippen LogP contribution in [0.3, 0.4) is 0 Å². The summed E-state index contributed by atoms with van der Waals surface area (Å²) in [6.45, 7) is 8.30. The number of benzene rings is 2. The SMILES string of the molecule is Cc1ccc(N=Cc2ccc(C(C)(C)C)cc2)cc1F. The van der Waals surface area contributed by atoms with Gasteiger partial charge in [0.2, 0.25) is 0 Å². The van der Waals surface area contributed by atoms with Gasteiger partial charge in [-0.3, -0.25) is 4.99 Å². The molecular weight excluding hydrogens is 249 g/mol. The zero-order valence-electron chi connectivity index (χ0n) is 12.4. The Kier molecular flexibility index (Phi) is 4.03. The lowest BCUT2D eigenvalue weighted by Gasteiger charge is -2.18. The topological polar surface area (TPSA) is 12.4 Å². The summed E-state index contributed by atoms with van der Waals surface area (Å²) in [7, 11) is 0. The molecule has 0 atom stereocenters. The van der Waals surface area contributed by atoms with Crippen LogP contribution < -0.4 is 0 Å². The third-order valence-electron chi connectivity index (χ3n) is 3.29. The molecule has 0 radical (unpaired) electrons. The van der Waals surface area contributed by atoms with E-state index in [4.69, 9.17) is 0 Å². The van der Waals surface area contributed by atoms with Gasteiger partial charge in [0.15, 0.2) is 0 Å². The highest BCUT2D eigenvalue weighted by Gasteiger charge is 2.12. The molecule has 0 heterocycles. The summed E-state index contributed by atoms with van der Waals surface area (Å²) in [5.41, 5.74) is 3.72. The van der Waals surface area contributed by atoms with Crippen molar-refractivity contribution in [2.75, 3.05) is 0 Å². The van der Waals surface area contributed by atoms with Gasteiger partial charge in [0.05, 0.1) is 5.69 Å². The van der Waals surface area contributed by atoms with Gasteiger partial charge >= 0.3 is 0 Å². The lowest BCUT2D eigenvalue weighted by molar-refractivity contribution is 0.590. The van der Waals surface area contributed by atoms with Crippen LogP contribution >= 0.6 is 0 Å². The van der Waals surface area contributed by atoms with Gasteiger partial charge in [-0.2, -0.15) is 0 Å². The van der Waals surface area contributed by atoms with Gasteiger partial charge in [-0.1, -0.05) is 51.1 Å². The zero-order valence-corrected chi connectivity index (χ0v) is 12.4. The Balaban J connectivity index is 2.17. The van der Waals surface area contributed by atoms with Crippen molar-refractivity contribution < 1.29 is 4.39 Å². The fourth-order valence-electron chi connectivity index (χ4n) is 1.88. The molecule has 2 rings (SSSR count). The fraction of sp³-hybridized carbons (Fsp3) is 0.278. The average molecular weight is 269 g/mol. The number of nitrogens with zero attached hydrogens (tertiary/aromatic N) is 1. The van der Waals surface area contributed by atoms with Gasteiger partial charge in [0.1, 0.15) is 5.82 Å². The molecule has 0 aromatic heterocycles. The molecule has 1 nitrogen and oxygen atoms in total. The minimum atomic E-state index is -0.220. The van der Waals surface area contributed by atoms with E-state index in [2.05, 4.69) is 37.9 Å². The van der Waals surface area contributed by atoms with Gasteiger partial charge in [-0.15, -0.1) is 0 Å². The van der Waals surface area contributed by atoms with Crippen molar-refractivity contribution in [1.29, 1.82) is 0 Å². The van der Waals surface area contributed by atoms with Gasteiger partial charge in [-0.25, -0.2) is 4.39 Å². The van der Waals surface area contributed by atoms with Crippen LogP contribution in [-0.2, 0) is 5.41 Å². The van der Waals surface area contributed by atoms with E-state index in [1.807, 2.05) is 18.2 Å². The highest BCUT2D eigenvalue weighted by Crippen LogP contribution is 2.22. The molecule has 0 N–H and O–H groups in total. The highest BCUT2D eigenvalue weighted by molar-refractivity contribution is 5.82. The maximum Gasteiger partial charge on any atom is 0.128 e. The molecule has 0 saturated heterocycles. The van der Waals surface area contributed by atoms with E-state index in [9.17, 15) is 4.39 Å². The van der Waals surface area contributed by atoms with Crippen LogP contribution in [0.2, 0.25) is 0 Å². The number of aliphatic imine (C=N–C) groups is 1. The average Bonchev–Trinajstić information content (AvgIpc) is 2.40. The first-order chi connectivity index (χ1) is 9.36. The van der Waals surface area contributed by atoms with Gasteiger partial charge < -0.3 is 0 Å². The summed E-state index contributed by atoms with van der Waals surface area (Å²) in [6.07, 6.45) is 1.76. The molecule has 104 valence electrons. The van der Waals surface area contributed by atoms with Crippen LogP contribution in [0, 0.1) is 12.7 Å². The van der Waals surface area contributed by atoms with Crippen molar-refractivity contribution >= 4 is 11.9 Å². The van der Waals surface area contributed by atoms with Crippen LogP contribution in [0.1, 0.15) is 37.5 Å². The lowest BCUT2D eigenvalue weighted by atomic mass is 9.87. The maximum absolute atomic E-state index is 13.4. The second kappa shape index (κ2) is 5.58. The fourth-order valence-corrected chi connectivity index (χ4v) is 1.88. The van der Waals surface area contributed by atoms with E-state index in [-0.39, 0.29) is 11.2 Å². The Morgan fingerprint density at radius 2 is 1.65 bits per heavy atom. The Labute approximate surface area is 120 Å². The van der Waals surface area contributed by atoms with E-state index in [1.165, 1.54) is 11.6 Å².